The number of hydrogen-bond acceptors (Lipinski definition) is 3. The molecule has 2 aliphatic rings. The van der Waals surface area contributed by atoms with E-state index < -0.39 is 0 Å². The number of amides is 1. The van der Waals surface area contributed by atoms with Crippen molar-refractivity contribution in [3.8, 4) is 0 Å². The first-order valence-electron chi connectivity index (χ1n) is 5.86. The maximum Gasteiger partial charge on any atom is 0.239 e. The summed E-state index contributed by atoms with van der Waals surface area (Å²) >= 11 is 0. The van der Waals surface area contributed by atoms with Crippen molar-refractivity contribution in [1.29, 1.82) is 0 Å². The Kier molecular flexibility index (Phi) is 3.59. The van der Waals surface area contributed by atoms with Gasteiger partial charge in [0.15, 0.2) is 0 Å². The number of nitrogens with one attached hydrogen (secondary N) is 1. The predicted octanol–water partition coefficient (Wildman–Crippen LogP) is 0.376. The highest BCUT2D eigenvalue weighted by molar-refractivity contribution is 5.82. The fraction of sp³-hybridized carbons (Fsp3) is 0.909. The fourth-order valence-corrected chi connectivity index (χ4v) is 2.40. The van der Waals surface area contributed by atoms with Crippen LogP contribution < -0.4 is 5.32 Å². The smallest absolute Gasteiger partial charge is 0.239 e. The molecular formula is C11H20N2O2. The average molecular weight is 212 g/mol. The Balaban J connectivity index is 1.85. The van der Waals surface area contributed by atoms with E-state index in [-0.39, 0.29) is 18.1 Å². The summed E-state index contributed by atoms with van der Waals surface area (Å²) in [6.07, 6.45) is 4.59. The molecule has 15 heavy (non-hydrogen) atoms. The van der Waals surface area contributed by atoms with E-state index in [9.17, 15) is 4.79 Å². The molecule has 86 valence electrons. The SMILES string of the molecule is CO[C@@H]1CCN(C(=O)[C@H]2CCCCN2)C1. The summed E-state index contributed by atoms with van der Waals surface area (Å²) in [4.78, 5) is 14.0. The van der Waals surface area contributed by atoms with Gasteiger partial charge in [-0.1, -0.05) is 6.42 Å². The number of likely N-dealkylation sites (tertiary alicyclic amines) is 1. The molecule has 2 saturated heterocycles. The molecule has 0 aliphatic carbocycles. The van der Waals surface area contributed by atoms with E-state index in [1.54, 1.807) is 7.11 Å². The van der Waals surface area contributed by atoms with Crippen molar-refractivity contribution in [2.24, 2.45) is 0 Å². The molecule has 2 heterocycles. The van der Waals surface area contributed by atoms with Gasteiger partial charge in [0.1, 0.15) is 0 Å². The predicted molar refractivity (Wildman–Crippen MR) is 57.6 cm³/mol. The summed E-state index contributed by atoms with van der Waals surface area (Å²) in [5.74, 6) is 0.272. The lowest BCUT2D eigenvalue weighted by Gasteiger charge is -2.27. The highest BCUT2D eigenvalue weighted by Crippen LogP contribution is 2.16. The monoisotopic (exact) mass is 212 g/mol. The Morgan fingerprint density at radius 3 is 2.87 bits per heavy atom. The topological polar surface area (TPSA) is 41.6 Å². The quantitative estimate of drug-likeness (QED) is 0.719. The number of hydrogen-bond donors (Lipinski definition) is 1. The molecule has 1 N–H and O–H groups in total. The summed E-state index contributed by atoms with van der Waals surface area (Å²) in [6.45, 7) is 2.61. The zero-order chi connectivity index (χ0) is 10.7. The van der Waals surface area contributed by atoms with Crippen molar-refractivity contribution >= 4 is 5.91 Å². The van der Waals surface area contributed by atoms with Gasteiger partial charge in [0.05, 0.1) is 12.1 Å². The highest BCUT2D eigenvalue weighted by atomic mass is 16.5. The van der Waals surface area contributed by atoms with Crippen molar-refractivity contribution in [1.82, 2.24) is 10.2 Å². The van der Waals surface area contributed by atoms with Gasteiger partial charge in [0.2, 0.25) is 5.91 Å². The third kappa shape index (κ3) is 2.49. The molecule has 4 nitrogen and oxygen atoms in total. The first kappa shape index (κ1) is 10.9. The summed E-state index contributed by atoms with van der Waals surface area (Å²) in [6, 6.07) is 0.0642. The van der Waals surface area contributed by atoms with Crippen molar-refractivity contribution in [2.75, 3.05) is 26.7 Å². The van der Waals surface area contributed by atoms with Crippen LogP contribution in [0.15, 0.2) is 0 Å². The molecule has 0 aromatic heterocycles. The van der Waals surface area contributed by atoms with E-state index in [0.717, 1.165) is 32.5 Å². The molecule has 1 amide bonds. The third-order valence-electron chi connectivity index (χ3n) is 3.40. The van der Waals surface area contributed by atoms with Crippen LogP contribution >= 0.6 is 0 Å². The van der Waals surface area contributed by atoms with Crippen LogP contribution in [0.4, 0.5) is 0 Å². The Morgan fingerprint density at radius 2 is 2.27 bits per heavy atom. The van der Waals surface area contributed by atoms with Crippen LogP contribution in [0.5, 0.6) is 0 Å². The highest BCUT2D eigenvalue weighted by Gasteiger charge is 2.31. The molecule has 0 radical (unpaired) electrons. The zero-order valence-electron chi connectivity index (χ0n) is 9.37. The third-order valence-corrected chi connectivity index (χ3v) is 3.40. The van der Waals surface area contributed by atoms with E-state index in [2.05, 4.69) is 5.32 Å². The Hall–Kier alpha value is -0.610. The van der Waals surface area contributed by atoms with E-state index >= 15 is 0 Å². The minimum absolute atomic E-state index is 0.0642. The molecule has 0 saturated carbocycles. The largest absolute Gasteiger partial charge is 0.380 e. The summed E-state index contributed by atoms with van der Waals surface area (Å²) in [5.41, 5.74) is 0. The second kappa shape index (κ2) is 4.94. The average Bonchev–Trinajstić information content (AvgIpc) is 2.78. The number of methoxy groups -OCH3 is 1. The molecular weight excluding hydrogens is 192 g/mol. The Labute approximate surface area is 91.0 Å². The zero-order valence-corrected chi connectivity index (χ0v) is 9.37. The number of carbonyl (C=O) groups is 1. The first-order valence-corrected chi connectivity index (χ1v) is 5.86. The van der Waals surface area contributed by atoms with Gasteiger partial charge in [-0.2, -0.15) is 0 Å². The molecule has 0 bridgehead atoms. The van der Waals surface area contributed by atoms with E-state index in [1.165, 1.54) is 12.8 Å². The summed E-state index contributed by atoms with van der Waals surface area (Å²) in [7, 11) is 1.72. The van der Waals surface area contributed by atoms with E-state index in [4.69, 9.17) is 4.74 Å². The number of carbonyl (C=O) groups excluding carboxylic acids is 1. The van der Waals surface area contributed by atoms with Gasteiger partial charge < -0.3 is 15.0 Å². The van der Waals surface area contributed by atoms with Crippen molar-refractivity contribution in [3.05, 3.63) is 0 Å². The lowest BCUT2D eigenvalue weighted by atomic mass is 10.0. The second-order valence-electron chi connectivity index (χ2n) is 4.43. The van der Waals surface area contributed by atoms with Crippen molar-refractivity contribution < 1.29 is 9.53 Å². The maximum absolute atomic E-state index is 12.1. The lowest BCUT2D eigenvalue weighted by Crippen LogP contribution is -2.48. The number of nitrogens with zero attached hydrogens (tertiary/aromatic N) is 1. The molecule has 2 aliphatic heterocycles. The van der Waals surface area contributed by atoms with Crippen LogP contribution in [0.3, 0.4) is 0 Å². The van der Waals surface area contributed by atoms with Gasteiger partial charge in [-0.25, -0.2) is 0 Å². The van der Waals surface area contributed by atoms with Crippen molar-refractivity contribution in [2.45, 2.75) is 37.8 Å². The minimum Gasteiger partial charge on any atom is -0.380 e. The van der Waals surface area contributed by atoms with Gasteiger partial charge in [-0.15, -0.1) is 0 Å². The molecule has 0 aromatic rings. The van der Waals surface area contributed by atoms with E-state index in [0.29, 0.717) is 0 Å². The van der Waals surface area contributed by atoms with Crippen LogP contribution in [0.25, 0.3) is 0 Å². The first-order chi connectivity index (χ1) is 7.31. The molecule has 2 atom stereocenters. The summed E-state index contributed by atoms with van der Waals surface area (Å²) < 4.78 is 5.26. The van der Waals surface area contributed by atoms with Crippen LogP contribution in [-0.2, 0) is 9.53 Å². The number of rotatable bonds is 2. The second-order valence-corrected chi connectivity index (χ2v) is 4.43. The van der Waals surface area contributed by atoms with Gasteiger partial charge in [-0.05, 0) is 25.8 Å². The minimum atomic E-state index is 0.0642. The van der Waals surface area contributed by atoms with E-state index in [1.807, 2.05) is 4.90 Å². The normalized spacial score (nSPS) is 31.9. The fourth-order valence-electron chi connectivity index (χ4n) is 2.40. The van der Waals surface area contributed by atoms with Crippen LogP contribution in [0.1, 0.15) is 25.7 Å². The van der Waals surface area contributed by atoms with Crippen LogP contribution in [0, 0.1) is 0 Å². The Bertz CT molecular complexity index is 227. The van der Waals surface area contributed by atoms with Gasteiger partial charge in [0.25, 0.3) is 0 Å². The number of piperidine rings is 1. The lowest BCUT2D eigenvalue weighted by molar-refractivity contribution is -0.133. The van der Waals surface area contributed by atoms with Gasteiger partial charge in [-0.3, -0.25) is 4.79 Å². The van der Waals surface area contributed by atoms with Crippen LogP contribution in [-0.4, -0.2) is 49.7 Å². The molecule has 0 aromatic carbocycles. The molecule has 4 heteroatoms. The molecule has 2 rings (SSSR count). The molecule has 0 unspecified atom stereocenters. The standard InChI is InChI=1S/C11H20N2O2/c1-15-9-5-7-13(8-9)11(14)10-4-2-3-6-12-10/h9-10,12H,2-8H2,1H3/t9-,10-/m1/s1. The number of ether oxygens (including phenoxy) is 1. The molecule has 0 spiro atoms. The van der Waals surface area contributed by atoms with Gasteiger partial charge in [0, 0.05) is 20.2 Å². The molecule has 2 fully saturated rings. The Morgan fingerprint density at radius 1 is 1.40 bits per heavy atom. The maximum atomic E-state index is 12.1. The van der Waals surface area contributed by atoms with Crippen molar-refractivity contribution in [3.63, 3.8) is 0 Å². The van der Waals surface area contributed by atoms with Gasteiger partial charge >= 0.3 is 0 Å². The summed E-state index contributed by atoms with van der Waals surface area (Å²) in [5, 5.41) is 3.30. The van der Waals surface area contributed by atoms with Crippen LogP contribution in [0.2, 0.25) is 0 Å².